The average molecular weight is 534 g/mol. The number of nitrogens with zero attached hydrogens (tertiary/aromatic N) is 1. The van der Waals surface area contributed by atoms with E-state index in [0.717, 1.165) is 17.7 Å². The summed E-state index contributed by atoms with van der Waals surface area (Å²) in [6, 6.07) is 16.1. The second-order valence-electron chi connectivity index (χ2n) is 8.78. The smallest absolute Gasteiger partial charge is 0.416 e. The summed E-state index contributed by atoms with van der Waals surface area (Å²) in [6.45, 7) is 2.85. The maximum Gasteiger partial charge on any atom is 0.416 e. The molecule has 3 aromatic carbocycles. The highest BCUT2D eigenvalue weighted by molar-refractivity contribution is 6.31. The lowest BCUT2D eigenvalue weighted by Crippen LogP contribution is -2.39. The van der Waals surface area contributed by atoms with Gasteiger partial charge in [0.2, 0.25) is 0 Å². The lowest BCUT2D eigenvalue weighted by Gasteiger charge is -2.33. The van der Waals surface area contributed by atoms with E-state index in [9.17, 15) is 23.1 Å². The van der Waals surface area contributed by atoms with Gasteiger partial charge in [-0.3, -0.25) is 9.69 Å². The van der Waals surface area contributed by atoms with Crippen molar-refractivity contribution in [2.75, 3.05) is 13.2 Å². The minimum absolute atomic E-state index is 0.122. The molecular formula is C28H27ClF3NO4. The first-order valence-electron chi connectivity index (χ1n) is 12.0. The SMILES string of the molecule is CCOc1cc(C(c2cc(C(F)(F)F)ccc2Cl)N2CCCC2C(=O)O)ccc1OCc1ccccc1. The maximum absolute atomic E-state index is 13.6. The maximum atomic E-state index is 13.6. The number of halogens is 4. The lowest BCUT2D eigenvalue weighted by molar-refractivity contribution is -0.143. The van der Waals surface area contributed by atoms with Crippen molar-refractivity contribution in [3.05, 3.63) is 94.0 Å². The molecule has 9 heteroatoms. The molecule has 1 fully saturated rings. The largest absolute Gasteiger partial charge is 0.490 e. The molecule has 3 aromatic rings. The molecule has 1 N–H and O–H groups in total. The minimum atomic E-state index is -4.58. The van der Waals surface area contributed by atoms with Crippen LogP contribution in [0.3, 0.4) is 0 Å². The van der Waals surface area contributed by atoms with Crippen LogP contribution in [-0.4, -0.2) is 35.2 Å². The van der Waals surface area contributed by atoms with E-state index in [0.29, 0.717) is 49.7 Å². The fourth-order valence-electron chi connectivity index (χ4n) is 4.66. The second-order valence-corrected chi connectivity index (χ2v) is 9.19. The number of carboxylic acid groups (broad SMARTS) is 1. The number of ether oxygens (including phenoxy) is 2. The molecule has 0 saturated carbocycles. The van der Waals surface area contributed by atoms with Gasteiger partial charge in [0.25, 0.3) is 0 Å². The number of likely N-dealkylation sites (tertiary alicyclic amines) is 1. The zero-order valence-corrected chi connectivity index (χ0v) is 20.9. The molecule has 1 aliphatic rings. The number of hydrogen-bond donors (Lipinski definition) is 1. The van der Waals surface area contributed by atoms with Gasteiger partial charge >= 0.3 is 12.1 Å². The highest BCUT2D eigenvalue weighted by atomic mass is 35.5. The molecule has 4 rings (SSSR count). The van der Waals surface area contributed by atoms with Crippen molar-refractivity contribution in [3.8, 4) is 11.5 Å². The third-order valence-corrected chi connectivity index (χ3v) is 6.69. The molecule has 2 atom stereocenters. The topological polar surface area (TPSA) is 59.0 Å². The third kappa shape index (κ3) is 6.19. The normalized spacial score (nSPS) is 16.9. The van der Waals surface area contributed by atoms with Crippen LogP contribution < -0.4 is 9.47 Å². The predicted octanol–water partition coefficient (Wildman–Crippen LogP) is 6.97. The van der Waals surface area contributed by atoms with Crippen LogP contribution >= 0.6 is 11.6 Å². The molecular weight excluding hydrogens is 507 g/mol. The van der Waals surface area contributed by atoms with Gasteiger partial charge in [-0.25, -0.2) is 0 Å². The van der Waals surface area contributed by atoms with Gasteiger partial charge in [-0.05, 0) is 66.8 Å². The minimum Gasteiger partial charge on any atom is -0.490 e. The summed E-state index contributed by atoms with van der Waals surface area (Å²) in [5.74, 6) is -0.145. The van der Waals surface area contributed by atoms with Gasteiger partial charge in [0.05, 0.1) is 18.2 Å². The molecule has 0 bridgehead atoms. The van der Waals surface area contributed by atoms with Crippen LogP contribution in [0.1, 0.15) is 48.1 Å². The molecule has 37 heavy (non-hydrogen) atoms. The quantitative estimate of drug-likeness (QED) is 0.322. The zero-order chi connectivity index (χ0) is 26.6. The molecule has 0 aromatic heterocycles. The summed E-state index contributed by atoms with van der Waals surface area (Å²) in [6.07, 6.45) is -3.59. The molecule has 196 valence electrons. The molecule has 1 saturated heterocycles. The standard InChI is InChI=1S/C28H27ClF3NO4/c1-2-36-25-15-19(10-13-24(25)37-17-18-7-4-3-5-8-18)26(33-14-6-9-23(33)27(34)35)21-16-20(28(30,31)32)11-12-22(21)29/h3-5,7-8,10-13,15-16,23,26H,2,6,9,14,17H2,1H3,(H,34,35). The van der Waals surface area contributed by atoms with E-state index in [2.05, 4.69) is 0 Å². The van der Waals surface area contributed by atoms with Gasteiger partial charge in [-0.15, -0.1) is 0 Å². The lowest BCUT2D eigenvalue weighted by atomic mass is 9.94. The summed E-state index contributed by atoms with van der Waals surface area (Å²) in [5, 5.41) is 9.96. The van der Waals surface area contributed by atoms with E-state index in [-0.39, 0.29) is 10.6 Å². The zero-order valence-electron chi connectivity index (χ0n) is 20.2. The number of carbonyl (C=O) groups is 1. The Balaban J connectivity index is 1.78. The molecule has 2 unspecified atom stereocenters. The van der Waals surface area contributed by atoms with Crippen LogP contribution in [0, 0.1) is 0 Å². The van der Waals surface area contributed by atoms with E-state index >= 15 is 0 Å². The van der Waals surface area contributed by atoms with E-state index in [4.69, 9.17) is 21.1 Å². The van der Waals surface area contributed by atoms with Crippen molar-refractivity contribution in [1.82, 2.24) is 4.90 Å². The monoisotopic (exact) mass is 533 g/mol. The molecule has 1 heterocycles. The number of alkyl halides is 3. The van der Waals surface area contributed by atoms with Crippen LogP contribution in [0.15, 0.2) is 66.7 Å². The first-order chi connectivity index (χ1) is 17.7. The van der Waals surface area contributed by atoms with Gasteiger partial charge in [0.1, 0.15) is 12.6 Å². The van der Waals surface area contributed by atoms with Crippen molar-refractivity contribution in [2.24, 2.45) is 0 Å². The van der Waals surface area contributed by atoms with Gasteiger partial charge in [0, 0.05) is 11.6 Å². The van der Waals surface area contributed by atoms with E-state index in [1.807, 2.05) is 37.3 Å². The summed E-state index contributed by atoms with van der Waals surface area (Å²) >= 11 is 6.45. The Morgan fingerprint density at radius 1 is 1.08 bits per heavy atom. The number of benzene rings is 3. The third-order valence-electron chi connectivity index (χ3n) is 6.35. The van der Waals surface area contributed by atoms with E-state index in [1.54, 1.807) is 23.1 Å². The summed E-state index contributed by atoms with van der Waals surface area (Å²) in [7, 11) is 0. The number of hydrogen-bond acceptors (Lipinski definition) is 4. The highest BCUT2D eigenvalue weighted by Crippen LogP contribution is 2.43. The Kier molecular flexibility index (Phi) is 8.29. The molecule has 0 amide bonds. The van der Waals surface area contributed by atoms with Crippen LogP contribution in [-0.2, 0) is 17.6 Å². The van der Waals surface area contributed by atoms with Crippen LogP contribution in [0.5, 0.6) is 11.5 Å². The Morgan fingerprint density at radius 2 is 1.84 bits per heavy atom. The van der Waals surface area contributed by atoms with Gasteiger partial charge in [-0.1, -0.05) is 48.0 Å². The predicted molar refractivity (Wildman–Crippen MR) is 134 cm³/mol. The molecule has 0 aliphatic carbocycles. The first-order valence-corrected chi connectivity index (χ1v) is 12.4. The molecule has 5 nitrogen and oxygen atoms in total. The van der Waals surface area contributed by atoms with Crippen molar-refractivity contribution in [2.45, 2.75) is 44.6 Å². The summed E-state index contributed by atoms with van der Waals surface area (Å²) < 4.78 is 52.6. The van der Waals surface area contributed by atoms with Crippen LogP contribution in [0.2, 0.25) is 5.02 Å². The highest BCUT2D eigenvalue weighted by Gasteiger charge is 2.39. The fourth-order valence-corrected chi connectivity index (χ4v) is 4.88. The number of aliphatic carboxylic acids is 1. The van der Waals surface area contributed by atoms with Crippen LogP contribution in [0.4, 0.5) is 13.2 Å². The Bertz CT molecular complexity index is 1240. The van der Waals surface area contributed by atoms with Crippen molar-refractivity contribution in [1.29, 1.82) is 0 Å². The fraction of sp³-hybridized carbons (Fsp3) is 0.321. The Hall–Kier alpha value is -3.23. The van der Waals surface area contributed by atoms with Gasteiger partial charge in [0.15, 0.2) is 11.5 Å². The van der Waals surface area contributed by atoms with E-state index in [1.165, 1.54) is 6.07 Å². The van der Waals surface area contributed by atoms with Crippen LogP contribution in [0.25, 0.3) is 0 Å². The van der Waals surface area contributed by atoms with Crippen molar-refractivity contribution >= 4 is 17.6 Å². The molecule has 0 radical (unpaired) electrons. The van der Waals surface area contributed by atoms with Gasteiger partial charge in [-0.2, -0.15) is 13.2 Å². The van der Waals surface area contributed by atoms with Gasteiger partial charge < -0.3 is 14.6 Å². The Labute approximate surface area is 218 Å². The average Bonchev–Trinajstić information content (AvgIpc) is 3.35. The summed E-state index contributed by atoms with van der Waals surface area (Å²) in [5.41, 5.74) is 0.856. The second kappa shape index (κ2) is 11.4. The first kappa shape index (κ1) is 26.8. The molecule has 1 aliphatic heterocycles. The van der Waals surface area contributed by atoms with Crippen molar-refractivity contribution < 1.29 is 32.5 Å². The number of carboxylic acids is 1. The summed E-state index contributed by atoms with van der Waals surface area (Å²) in [4.78, 5) is 13.7. The van der Waals surface area contributed by atoms with E-state index < -0.39 is 29.8 Å². The molecule has 0 spiro atoms. The van der Waals surface area contributed by atoms with Crippen molar-refractivity contribution in [3.63, 3.8) is 0 Å². The Morgan fingerprint density at radius 3 is 2.51 bits per heavy atom. The number of rotatable bonds is 9.